The molecule has 5 rings (SSSR count). The molecule has 2 aliphatic heterocycles. The van der Waals surface area contributed by atoms with Gasteiger partial charge in [-0.2, -0.15) is 0 Å². The highest BCUT2D eigenvalue weighted by Crippen LogP contribution is 2.31. The van der Waals surface area contributed by atoms with Gasteiger partial charge in [-0.05, 0) is 55.3 Å². The molecule has 12 nitrogen and oxygen atoms in total. The van der Waals surface area contributed by atoms with Crippen LogP contribution in [0.5, 0.6) is 5.75 Å². The predicted molar refractivity (Wildman–Crippen MR) is 154 cm³/mol. The quantitative estimate of drug-likeness (QED) is 0.155. The van der Waals surface area contributed by atoms with E-state index in [1.54, 1.807) is 25.1 Å². The van der Waals surface area contributed by atoms with Crippen LogP contribution in [0.3, 0.4) is 0 Å². The Balaban J connectivity index is 1.15. The van der Waals surface area contributed by atoms with Crippen molar-refractivity contribution in [2.24, 2.45) is 5.16 Å². The second-order valence-corrected chi connectivity index (χ2v) is 11.3. The monoisotopic (exact) mass is 636 g/mol. The molecule has 2 aromatic rings. The Labute approximate surface area is 257 Å². The second kappa shape index (κ2) is 13.9. The Bertz CT molecular complexity index is 1410. The van der Waals surface area contributed by atoms with Crippen molar-refractivity contribution in [3.63, 3.8) is 0 Å². The predicted octanol–water partition coefficient (Wildman–Crippen LogP) is 1.65. The zero-order valence-electron chi connectivity index (χ0n) is 23.9. The Hall–Kier alpha value is -3.14. The minimum absolute atomic E-state index is 0.0680. The number of amides is 1. The zero-order chi connectivity index (χ0) is 31.5. The molecule has 14 heteroatoms. The molecule has 2 aromatic carbocycles. The Kier molecular flexibility index (Phi) is 10.2. The number of hydrogen-bond acceptors (Lipinski definition) is 11. The molecule has 2 saturated heterocycles. The van der Waals surface area contributed by atoms with Crippen molar-refractivity contribution in [2.75, 3.05) is 6.79 Å². The van der Waals surface area contributed by atoms with Gasteiger partial charge in [0, 0.05) is 17.0 Å². The number of ether oxygens (including phenoxy) is 4. The maximum atomic E-state index is 15.0. The molecule has 1 amide bonds. The van der Waals surface area contributed by atoms with Crippen LogP contribution in [0.4, 0.5) is 4.39 Å². The molecular weight excluding hydrogens is 603 g/mol. The first-order chi connectivity index (χ1) is 21.0. The minimum Gasteiger partial charge on any atom is -0.462 e. The summed E-state index contributed by atoms with van der Waals surface area (Å²) in [5.74, 6) is -1.49. The largest absolute Gasteiger partial charge is 0.462 e. The lowest BCUT2D eigenvalue weighted by molar-refractivity contribution is -0.155. The topological polar surface area (TPSA) is 169 Å². The van der Waals surface area contributed by atoms with Gasteiger partial charge in [-0.1, -0.05) is 35.0 Å². The van der Waals surface area contributed by atoms with Crippen LogP contribution < -0.4 is 10.1 Å². The van der Waals surface area contributed by atoms with Crippen LogP contribution in [0.25, 0.3) is 6.08 Å². The number of fused-ring (bicyclic) bond motifs is 1. The molecule has 0 bridgehead atoms. The molecular formula is C30H34ClFN2O10. The fourth-order valence-corrected chi connectivity index (χ4v) is 5.56. The van der Waals surface area contributed by atoms with E-state index in [0.29, 0.717) is 16.3 Å². The van der Waals surface area contributed by atoms with E-state index in [-0.39, 0.29) is 31.1 Å². The highest BCUT2D eigenvalue weighted by Gasteiger charge is 2.53. The Morgan fingerprint density at radius 3 is 2.57 bits per heavy atom. The summed E-state index contributed by atoms with van der Waals surface area (Å²) in [6.45, 7) is 3.14. The van der Waals surface area contributed by atoms with Crippen LogP contribution in [0.1, 0.15) is 31.4 Å². The molecule has 1 aliphatic carbocycles. The number of oxime groups is 1. The third kappa shape index (κ3) is 7.22. The molecule has 44 heavy (non-hydrogen) atoms. The molecule has 1 unspecified atom stereocenters. The summed E-state index contributed by atoms with van der Waals surface area (Å²) in [6.07, 6.45) is -7.24. The molecule has 3 aliphatic rings. The van der Waals surface area contributed by atoms with Crippen molar-refractivity contribution in [3.8, 4) is 5.75 Å². The third-order valence-corrected chi connectivity index (χ3v) is 7.91. The summed E-state index contributed by atoms with van der Waals surface area (Å²) >= 11 is 5.97. The van der Waals surface area contributed by atoms with Gasteiger partial charge in [0.05, 0.1) is 17.9 Å². The first kappa shape index (κ1) is 32.3. The van der Waals surface area contributed by atoms with E-state index in [9.17, 15) is 29.6 Å². The lowest BCUT2D eigenvalue weighted by Crippen LogP contribution is -2.67. The number of aliphatic hydroxyl groups is 4. The van der Waals surface area contributed by atoms with Crippen molar-refractivity contribution >= 4 is 29.3 Å². The van der Waals surface area contributed by atoms with Gasteiger partial charge in [0.2, 0.25) is 12.2 Å². The van der Waals surface area contributed by atoms with Crippen molar-refractivity contribution in [2.45, 2.75) is 81.9 Å². The summed E-state index contributed by atoms with van der Waals surface area (Å²) in [6, 6.07) is 9.96. The van der Waals surface area contributed by atoms with Gasteiger partial charge in [0.1, 0.15) is 50.0 Å². The Morgan fingerprint density at radius 1 is 1.09 bits per heavy atom. The zero-order valence-corrected chi connectivity index (χ0v) is 24.6. The molecule has 5 N–H and O–H groups in total. The van der Waals surface area contributed by atoms with Gasteiger partial charge in [0.25, 0.3) is 0 Å². The normalized spacial score (nSPS) is 32.3. The summed E-state index contributed by atoms with van der Waals surface area (Å²) in [7, 11) is 0. The maximum absolute atomic E-state index is 15.0. The molecule has 9 atom stereocenters. The van der Waals surface area contributed by atoms with Crippen LogP contribution in [0.15, 0.2) is 53.2 Å². The standard InChI is InChI=1S/C30H34ClFN2O10/c1-14(30(39)33-23-24(36)26(38)29-28(25(23)37)40-13-41-29)8-16-6-7-21(19(32)10-16)43-22-11-20(35)27(44-22)15(2)34-42-12-17-4-3-5-18(31)9-17/h3-10,20,22-29,35-38H,11-13H2,1-2H3,(H,33,39)/b14-8+,34-15?/t20-,22+,23?,24-,25+,26+,27+,28-,29+/m0/s1. The first-order valence-electron chi connectivity index (χ1n) is 14.0. The maximum Gasteiger partial charge on any atom is 0.247 e. The lowest BCUT2D eigenvalue weighted by Gasteiger charge is -2.41. The van der Waals surface area contributed by atoms with Crippen LogP contribution in [0.2, 0.25) is 5.02 Å². The summed E-state index contributed by atoms with van der Waals surface area (Å²) in [5, 5.41) is 48.9. The van der Waals surface area contributed by atoms with Crippen molar-refractivity contribution in [1.29, 1.82) is 0 Å². The summed E-state index contributed by atoms with van der Waals surface area (Å²) in [5.41, 5.74) is 1.69. The van der Waals surface area contributed by atoms with Gasteiger partial charge >= 0.3 is 0 Å². The molecule has 238 valence electrons. The van der Waals surface area contributed by atoms with E-state index < -0.39 is 66.8 Å². The first-order valence-corrected chi connectivity index (χ1v) is 14.4. The second-order valence-electron chi connectivity index (χ2n) is 10.9. The van der Waals surface area contributed by atoms with Crippen LogP contribution >= 0.6 is 11.6 Å². The van der Waals surface area contributed by atoms with Crippen molar-refractivity contribution < 1.29 is 53.4 Å². The van der Waals surface area contributed by atoms with Crippen LogP contribution in [-0.2, 0) is 30.4 Å². The van der Waals surface area contributed by atoms with E-state index in [4.69, 9.17) is 35.4 Å². The van der Waals surface area contributed by atoms with Crippen LogP contribution in [-0.4, -0.2) is 93.9 Å². The fraction of sp³-hybridized carbons (Fsp3) is 0.467. The average molecular weight is 637 g/mol. The van der Waals surface area contributed by atoms with Crippen molar-refractivity contribution in [1.82, 2.24) is 5.32 Å². The molecule has 0 aromatic heterocycles. The van der Waals surface area contributed by atoms with E-state index in [1.807, 2.05) is 6.07 Å². The molecule has 1 saturated carbocycles. The van der Waals surface area contributed by atoms with Gasteiger partial charge in [-0.3, -0.25) is 4.79 Å². The molecule has 0 radical (unpaired) electrons. The number of halogens is 2. The van der Waals surface area contributed by atoms with E-state index in [1.165, 1.54) is 25.1 Å². The SMILES string of the molecule is CC(=NOCc1cccc(Cl)c1)[C@H]1O[C@@H](Oc2ccc(/C=C(\C)C(=O)NC3[C@@H](O)[C@@H]4OCO[C@@H]4[C@H](O)[C@H]3O)cc2F)C[C@@H]1O. The van der Waals surface area contributed by atoms with Gasteiger partial charge in [0.15, 0.2) is 11.6 Å². The van der Waals surface area contributed by atoms with E-state index in [0.717, 1.165) is 11.6 Å². The molecule has 0 spiro atoms. The number of rotatable bonds is 9. The van der Waals surface area contributed by atoms with Crippen molar-refractivity contribution in [3.05, 3.63) is 70.0 Å². The highest BCUT2D eigenvalue weighted by molar-refractivity contribution is 6.30. The number of carbonyl (C=O) groups is 1. The number of nitrogens with zero attached hydrogens (tertiary/aromatic N) is 1. The lowest BCUT2D eigenvalue weighted by atomic mass is 9.83. The number of benzene rings is 2. The molecule has 3 fully saturated rings. The third-order valence-electron chi connectivity index (χ3n) is 7.68. The van der Waals surface area contributed by atoms with E-state index >= 15 is 0 Å². The van der Waals surface area contributed by atoms with Crippen LogP contribution in [0, 0.1) is 5.82 Å². The highest BCUT2D eigenvalue weighted by atomic mass is 35.5. The average Bonchev–Trinajstić information content (AvgIpc) is 3.62. The van der Waals surface area contributed by atoms with Gasteiger partial charge in [-0.25, -0.2) is 4.39 Å². The fourth-order valence-electron chi connectivity index (χ4n) is 5.35. The number of nitrogens with one attached hydrogen (secondary N) is 1. The molecule has 2 heterocycles. The Morgan fingerprint density at radius 2 is 1.84 bits per heavy atom. The van der Waals surface area contributed by atoms with E-state index in [2.05, 4.69) is 10.5 Å². The number of carbonyl (C=O) groups excluding carboxylic acids is 1. The van der Waals surface area contributed by atoms with Gasteiger partial charge < -0.3 is 49.5 Å². The number of aliphatic hydroxyl groups excluding tert-OH is 4. The summed E-state index contributed by atoms with van der Waals surface area (Å²) in [4.78, 5) is 18.2. The summed E-state index contributed by atoms with van der Waals surface area (Å²) < 4.78 is 36.9. The number of hydrogen-bond donors (Lipinski definition) is 5. The van der Waals surface area contributed by atoms with Gasteiger partial charge in [-0.15, -0.1) is 0 Å². The smallest absolute Gasteiger partial charge is 0.247 e. The minimum atomic E-state index is -1.49.